The predicted octanol–water partition coefficient (Wildman–Crippen LogP) is -0.0238. The van der Waals surface area contributed by atoms with Gasteiger partial charge in [-0.15, -0.1) is 9.11 Å². The maximum atomic E-state index is 12.1. The molecule has 0 atom stereocenters. The summed E-state index contributed by atoms with van der Waals surface area (Å²) in [6.07, 6.45) is 0. The van der Waals surface area contributed by atoms with E-state index in [1.54, 1.807) is 0 Å². The van der Waals surface area contributed by atoms with Crippen LogP contribution in [0.1, 0.15) is 0 Å². The van der Waals surface area contributed by atoms with Gasteiger partial charge in [0.05, 0.1) is 0 Å². The summed E-state index contributed by atoms with van der Waals surface area (Å²) >= 11 is 0. The van der Waals surface area contributed by atoms with Crippen LogP contribution in [0.3, 0.4) is 0 Å². The summed E-state index contributed by atoms with van der Waals surface area (Å²) in [5.74, 6) is -4.65. The molecule has 0 saturated carbocycles. The van der Waals surface area contributed by atoms with E-state index in [1.807, 2.05) is 0 Å². The number of hydrazine groups is 1. The molecular formula is C3H2F8N2O7S3. The van der Waals surface area contributed by atoms with E-state index in [2.05, 4.69) is 4.28 Å². The fourth-order valence-corrected chi connectivity index (χ4v) is 2.60. The molecule has 0 bridgehead atoms. The molecule has 0 aliphatic heterocycles. The summed E-state index contributed by atoms with van der Waals surface area (Å²) in [5, 5.41) is 0. The molecule has 0 unspecified atom stereocenters. The summed E-state index contributed by atoms with van der Waals surface area (Å²) in [7, 11) is -20.8. The first-order valence-corrected chi connectivity index (χ1v) is 8.57. The second kappa shape index (κ2) is 6.23. The number of hydrogen-bond donors (Lipinski definition) is 1. The highest BCUT2D eigenvalue weighted by Crippen LogP contribution is 2.31. The molecule has 140 valence electrons. The van der Waals surface area contributed by atoms with Crippen LogP contribution in [0.25, 0.3) is 0 Å². The molecule has 20 heteroatoms. The van der Waals surface area contributed by atoms with E-state index in [9.17, 15) is 60.4 Å². The molecule has 0 amide bonds. The topological polar surface area (TPSA) is 127 Å². The van der Waals surface area contributed by atoms with E-state index in [-0.39, 0.29) is 4.83 Å². The maximum Gasteiger partial charge on any atom is 0.524 e. The van der Waals surface area contributed by atoms with Crippen LogP contribution in [-0.4, -0.2) is 46.6 Å². The van der Waals surface area contributed by atoms with Gasteiger partial charge >= 0.3 is 36.9 Å². The Bertz CT molecular complexity index is 733. The van der Waals surface area contributed by atoms with Crippen molar-refractivity contribution in [1.29, 1.82) is 0 Å². The molecule has 0 aromatic rings. The highest BCUT2D eigenvalue weighted by molar-refractivity contribution is 7.93. The van der Waals surface area contributed by atoms with Crippen LogP contribution in [0.2, 0.25) is 0 Å². The quantitative estimate of drug-likeness (QED) is 0.359. The number of halogens is 8. The summed E-state index contributed by atoms with van der Waals surface area (Å²) in [6.45, 7) is 0. The van der Waals surface area contributed by atoms with Crippen molar-refractivity contribution in [2.75, 3.05) is 0 Å². The van der Waals surface area contributed by atoms with Crippen molar-refractivity contribution < 1.29 is 64.7 Å². The summed E-state index contributed by atoms with van der Waals surface area (Å²) in [5.41, 5.74) is -13.1. The Morgan fingerprint density at radius 2 is 1.22 bits per heavy atom. The number of hydrogen-bond acceptors (Lipinski definition) is 7. The molecule has 0 aromatic carbocycles. The Labute approximate surface area is 121 Å². The van der Waals surface area contributed by atoms with Gasteiger partial charge in [0.25, 0.3) is 10.0 Å². The highest BCUT2D eigenvalue weighted by Gasteiger charge is 2.58. The average molecular weight is 426 g/mol. The molecule has 23 heavy (non-hydrogen) atoms. The van der Waals surface area contributed by atoms with Gasteiger partial charge in [-0.25, -0.2) is 8.42 Å². The Kier molecular flexibility index (Phi) is 6.01. The van der Waals surface area contributed by atoms with Crippen LogP contribution >= 0.6 is 0 Å². The van der Waals surface area contributed by atoms with Gasteiger partial charge in [-0.05, 0) is 0 Å². The van der Waals surface area contributed by atoms with Crippen LogP contribution in [0.15, 0.2) is 0 Å². The molecule has 0 saturated heterocycles. The van der Waals surface area contributed by atoms with Gasteiger partial charge in [-0.1, -0.05) is 0 Å². The van der Waals surface area contributed by atoms with Crippen molar-refractivity contribution in [3.05, 3.63) is 0 Å². The molecule has 0 spiro atoms. The van der Waals surface area contributed by atoms with Crippen molar-refractivity contribution in [2.24, 2.45) is 0 Å². The molecule has 1 N–H and O–H groups in total. The second-order valence-corrected chi connectivity index (χ2v) is 7.94. The predicted molar refractivity (Wildman–Crippen MR) is 50.9 cm³/mol. The molecule has 0 aliphatic carbocycles. The number of nitrogens with one attached hydrogen (secondary N) is 1. The zero-order valence-corrected chi connectivity index (χ0v) is 12.1. The maximum absolute atomic E-state index is 12.1. The minimum absolute atomic E-state index is 0.286. The third-order valence-corrected chi connectivity index (χ3v) is 4.60. The standard InChI is InChI=1S/C3H2F8N2O7S3/c4-1(5)21(14,15)12-13(22(16,17)2(6,7)8)20-23(18,19)3(9,10)11/h1,12H. The lowest BCUT2D eigenvalue weighted by Crippen LogP contribution is -2.53. The van der Waals surface area contributed by atoms with E-state index in [0.717, 1.165) is 0 Å². The fraction of sp³-hybridized carbons (Fsp3) is 1.00. The zero-order valence-electron chi connectivity index (χ0n) is 9.63. The average Bonchev–Trinajstić information content (AvgIpc) is 2.23. The first kappa shape index (κ1) is 22.2. The van der Waals surface area contributed by atoms with Gasteiger partial charge in [0.1, 0.15) is 0 Å². The van der Waals surface area contributed by atoms with E-state index in [4.69, 9.17) is 0 Å². The second-order valence-electron chi connectivity index (χ2n) is 3.05. The van der Waals surface area contributed by atoms with Crippen LogP contribution in [-0.2, 0) is 34.4 Å². The van der Waals surface area contributed by atoms with E-state index < -0.39 is 51.5 Å². The number of alkyl halides is 8. The minimum atomic E-state index is -7.29. The monoisotopic (exact) mass is 426 g/mol. The molecule has 0 heterocycles. The molecule has 0 fully saturated rings. The van der Waals surface area contributed by atoms with E-state index >= 15 is 0 Å². The van der Waals surface area contributed by atoms with Gasteiger partial charge < -0.3 is 0 Å². The van der Waals surface area contributed by atoms with Crippen LogP contribution in [0.5, 0.6) is 0 Å². The van der Waals surface area contributed by atoms with Gasteiger partial charge in [0.15, 0.2) is 0 Å². The van der Waals surface area contributed by atoms with Crippen molar-refractivity contribution in [3.63, 3.8) is 0 Å². The zero-order chi connectivity index (χ0) is 19.1. The molecule has 0 rings (SSSR count). The lowest BCUT2D eigenvalue weighted by Gasteiger charge is -2.22. The van der Waals surface area contributed by atoms with Crippen LogP contribution in [0.4, 0.5) is 35.1 Å². The smallest absolute Gasteiger partial charge is 0.205 e. The van der Waals surface area contributed by atoms with Crippen molar-refractivity contribution in [1.82, 2.24) is 9.41 Å². The number of rotatable bonds is 6. The third kappa shape index (κ3) is 5.07. The van der Waals surface area contributed by atoms with Crippen LogP contribution < -0.4 is 4.83 Å². The minimum Gasteiger partial charge on any atom is -0.205 e. The lowest BCUT2D eigenvalue weighted by molar-refractivity contribution is -0.0929. The number of sulfonamides is 2. The summed E-state index contributed by atoms with van der Waals surface area (Å²) in [6, 6.07) is 0. The number of nitrogens with zero attached hydrogens (tertiary/aromatic N) is 1. The largest absolute Gasteiger partial charge is 0.524 e. The first-order valence-electron chi connectivity index (χ1n) is 4.17. The van der Waals surface area contributed by atoms with Crippen molar-refractivity contribution >= 4 is 30.2 Å². The Balaban J connectivity index is 6.09. The van der Waals surface area contributed by atoms with E-state index in [0.29, 0.717) is 0 Å². The highest BCUT2D eigenvalue weighted by atomic mass is 32.2. The van der Waals surface area contributed by atoms with Gasteiger partial charge in [0, 0.05) is 4.58 Å². The fourth-order valence-electron chi connectivity index (χ4n) is 0.473. The summed E-state index contributed by atoms with van der Waals surface area (Å²) in [4.78, 5) is -0.286. The Morgan fingerprint density at radius 1 is 0.826 bits per heavy atom. The van der Waals surface area contributed by atoms with E-state index in [1.165, 1.54) is 0 Å². The van der Waals surface area contributed by atoms with Crippen molar-refractivity contribution in [2.45, 2.75) is 16.8 Å². The molecule has 0 radical (unpaired) electrons. The summed E-state index contributed by atoms with van der Waals surface area (Å²) < 4.78 is 159. The SMILES string of the molecule is O=S(=O)(NN(OS(=O)(=O)C(F)(F)F)S(=O)(=O)C(F)(F)F)C(F)F. The Morgan fingerprint density at radius 3 is 1.48 bits per heavy atom. The van der Waals surface area contributed by atoms with Crippen LogP contribution in [0, 0.1) is 0 Å². The third-order valence-electron chi connectivity index (χ3n) is 1.40. The van der Waals surface area contributed by atoms with Gasteiger partial charge in [-0.2, -0.15) is 52.0 Å². The van der Waals surface area contributed by atoms with Gasteiger partial charge in [0.2, 0.25) is 0 Å². The molecule has 0 aromatic heterocycles. The molecular weight excluding hydrogens is 424 g/mol. The normalized spacial score (nSPS) is 15.4. The Hall–Kier alpha value is -0.830. The van der Waals surface area contributed by atoms with Gasteiger partial charge in [-0.3, -0.25) is 0 Å². The molecule has 9 nitrogen and oxygen atoms in total. The van der Waals surface area contributed by atoms with Crippen molar-refractivity contribution in [3.8, 4) is 0 Å². The lowest BCUT2D eigenvalue weighted by atomic mass is 11.6. The molecule has 0 aliphatic rings. The first-order chi connectivity index (χ1) is 9.76.